The molecule has 5 heteroatoms. The maximum atomic E-state index is 12.2. The summed E-state index contributed by atoms with van der Waals surface area (Å²) in [5.41, 5.74) is 1.34. The highest BCUT2D eigenvalue weighted by Crippen LogP contribution is 2.31. The molecular formula is C16H24N2O3. The van der Waals surface area contributed by atoms with Crippen molar-refractivity contribution in [1.29, 1.82) is 0 Å². The molecule has 1 amide bonds. The molecule has 0 saturated carbocycles. The van der Waals surface area contributed by atoms with Crippen molar-refractivity contribution in [2.45, 2.75) is 20.8 Å². The number of nitrogens with one attached hydrogen (secondary N) is 1. The Bertz CT molecular complexity index is 503. The molecule has 21 heavy (non-hydrogen) atoms. The van der Waals surface area contributed by atoms with Gasteiger partial charge in [0.15, 0.2) is 0 Å². The van der Waals surface area contributed by atoms with Gasteiger partial charge in [0.2, 0.25) is 5.91 Å². The van der Waals surface area contributed by atoms with Crippen LogP contribution in [-0.4, -0.2) is 39.3 Å². The summed E-state index contributed by atoms with van der Waals surface area (Å²) in [6.07, 6.45) is 0. The largest absolute Gasteiger partial charge is 0.495 e. The quantitative estimate of drug-likeness (QED) is 0.930. The maximum Gasteiger partial charge on any atom is 0.229 e. The smallest absolute Gasteiger partial charge is 0.229 e. The normalized spacial score (nSPS) is 15.7. The molecule has 1 aliphatic rings. The SMILES string of the molecule is COc1ccc(N2CCOCC2)cc1NC(=O)C(C)(C)C. The van der Waals surface area contributed by atoms with E-state index < -0.39 is 5.41 Å². The third-order valence-electron chi connectivity index (χ3n) is 3.49. The number of anilines is 2. The molecular weight excluding hydrogens is 268 g/mol. The second kappa shape index (κ2) is 6.35. The van der Waals surface area contributed by atoms with Crippen LogP contribution in [-0.2, 0) is 9.53 Å². The molecule has 1 heterocycles. The minimum absolute atomic E-state index is 0.0278. The Morgan fingerprint density at radius 2 is 1.95 bits per heavy atom. The first kappa shape index (κ1) is 15.6. The lowest BCUT2D eigenvalue weighted by molar-refractivity contribution is -0.123. The van der Waals surface area contributed by atoms with Crippen LogP contribution >= 0.6 is 0 Å². The average Bonchev–Trinajstić information content (AvgIpc) is 2.47. The summed E-state index contributed by atoms with van der Waals surface area (Å²) < 4.78 is 10.7. The first-order chi connectivity index (χ1) is 9.91. The van der Waals surface area contributed by atoms with Gasteiger partial charge in [-0.1, -0.05) is 20.8 Å². The summed E-state index contributed by atoms with van der Waals surface area (Å²) in [4.78, 5) is 14.4. The summed E-state index contributed by atoms with van der Waals surface area (Å²) in [6.45, 7) is 8.85. The molecule has 1 saturated heterocycles. The predicted molar refractivity (Wildman–Crippen MR) is 84.1 cm³/mol. The molecule has 2 rings (SSSR count). The van der Waals surface area contributed by atoms with Crippen LogP contribution in [0.5, 0.6) is 5.75 Å². The zero-order valence-corrected chi connectivity index (χ0v) is 13.2. The molecule has 1 aliphatic heterocycles. The van der Waals surface area contributed by atoms with Gasteiger partial charge in [-0.2, -0.15) is 0 Å². The van der Waals surface area contributed by atoms with E-state index in [1.807, 2.05) is 39.0 Å². The molecule has 0 atom stereocenters. The van der Waals surface area contributed by atoms with Crippen molar-refractivity contribution in [1.82, 2.24) is 0 Å². The topological polar surface area (TPSA) is 50.8 Å². The number of ether oxygens (including phenoxy) is 2. The fourth-order valence-corrected chi connectivity index (χ4v) is 2.12. The highest BCUT2D eigenvalue weighted by molar-refractivity contribution is 5.96. The molecule has 0 radical (unpaired) electrons. The zero-order valence-electron chi connectivity index (χ0n) is 13.2. The van der Waals surface area contributed by atoms with Crippen molar-refractivity contribution in [2.75, 3.05) is 43.6 Å². The number of amides is 1. The van der Waals surface area contributed by atoms with E-state index in [4.69, 9.17) is 9.47 Å². The van der Waals surface area contributed by atoms with Gasteiger partial charge in [0.1, 0.15) is 5.75 Å². The number of hydrogen-bond donors (Lipinski definition) is 1. The molecule has 0 spiro atoms. The van der Waals surface area contributed by atoms with Crippen LogP contribution in [0.4, 0.5) is 11.4 Å². The number of carbonyl (C=O) groups excluding carboxylic acids is 1. The minimum Gasteiger partial charge on any atom is -0.495 e. The van der Waals surface area contributed by atoms with Crippen molar-refractivity contribution in [3.63, 3.8) is 0 Å². The summed E-state index contributed by atoms with van der Waals surface area (Å²) in [5, 5.41) is 2.96. The molecule has 5 nitrogen and oxygen atoms in total. The number of nitrogens with zero attached hydrogens (tertiary/aromatic N) is 1. The number of methoxy groups -OCH3 is 1. The molecule has 0 aliphatic carbocycles. The first-order valence-corrected chi connectivity index (χ1v) is 7.24. The highest BCUT2D eigenvalue weighted by Gasteiger charge is 2.23. The van der Waals surface area contributed by atoms with E-state index in [1.54, 1.807) is 7.11 Å². The average molecular weight is 292 g/mol. The molecule has 1 aromatic rings. The number of carbonyl (C=O) groups is 1. The van der Waals surface area contributed by atoms with Gasteiger partial charge >= 0.3 is 0 Å². The van der Waals surface area contributed by atoms with E-state index in [-0.39, 0.29) is 5.91 Å². The van der Waals surface area contributed by atoms with Gasteiger partial charge in [-0.15, -0.1) is 0 Å². The van der Waals surface area contributed by atoms with E-state index in [0.717, 1.165) is 32.0 Å². The van der Waals surface area contributed by atoms with Gasteiger partial charge < -0.3 is 19.7 Å². The Balaban J connectivity index is 2.23. The molecule has 1 aromatic carbocycles. The summed E-state index contributed by atoms with van der Waals surface area (Å²) in [6, 6.07) is 5.87. The summed E-state index contributed by atoms with van der Waals surface area (Å²) in [7, 11) is 1.61. The van der Waals surface area contributed by atoms with Crippen LogP contribution in [0.3, 0.4) is 0 Å². The zero-order chi connectivity index (χ0) is 15.5. The van der Waals surface area contributed by atoms with Crippen molar-refractivity contribution >= 4 is 17.3 Å². The lowest BCUT2D eigenvalue weighted by Crippen LogP contribution is -2.36. The van der Waals surface area contributed by atoms with Crippen molar-refractivity contribution in [3.8, 4) is 5.75 Å². The van der Waals surface area contributed by atoms with E-state index in [9.17, 15) is 4.79 Å². The Labute approximate surface area is 126 Å². The fraction of sp³-hybridized carbons (Fsp3) is 0.562. The summed E-state index contributed by atoms with van der Waals surface area (Å²) >= 11 is 0. The number of benzene rings is 1. The molecule has 0 unspecified atom stereocenters. The van der Waals surface area contributed by atoms with Crippen LogP contribution in [0.2, 0.25) is 0 Å². The maximum absolute atomic E-state index is 12.2. The number of hydrogen-bond acceptors (Lipinski definition) is 4. The van der Waals surface area contributed by atoms with Crippen LogP contribution < -0.4 is 15.0 Å². The van der Waals surface area contributed by atoms with Gasteiger partial charge in [-0.25, -0.2) is 0 Å². The van der Waals surface area contributed by atoms with Crippen molar-refractivity contribution < 1.29 is 14.3 Å². The predicted octanol–water partition coefficient (Wildman–Crippen LogP) is 2.52. The number of rotatable bonds is 3. The number of morpholine rings is 1. The van der Waals surface area contributed by atoms with Crippen LogP contribution in [0.1, 0.15) is 20.8 Å². The second-order valence-electron chi connectivity index (χ2n) is 6.19. The molecule has 1 N–H and O–H groups in total. The standard InChI is InChI=1S/C16H24N2O3/c1-16(2,3)15(19)17-13-11-12(5-6-14(13)20-4)18-7-9-21-10-8-18/h5-6,11H,7-10H2,1-4H3,(H,17,19). The Morgan fingerprint density at radius 1 is 1.29 bits per heavy atom. The van der Waals surface area contributed by atoms with Crippen LogP contribution in [0, 0.1) is 5.41 Å². The third kappa shape index (κ3) is 3.88. The van der Waals surface area contributed by atoms with Gasteiger partial charge in [-0.3, -0.25) is 4.79 Å². The summed E-state index contributed by atoms with van der Waals surface area (Å²) in [5.74, 6) is 0.643. The van der Waals surface area contributed by atoms with Crippen molar-refractivity contribution in [2.24, 2.45) is 5.41 Å². The Morgan fingerprint density at radius 3 is 2.52 bits per heavy atom. The van der Waals surface area contributed by atoms with Crippen LogP contribution in [0.25, 0.3) is 0 Å². The molecule has 1 fully saturated rings. The molecule has 0 aromatic heterocycles. The van der Waals surface area contributed by atoms with Crippen molar-refractivity contribution in [3.05, 3.63) is 18.2 Å². The minimum atomic E-state index is -0.444. The van der Waals surface area contributed by atoms with Gasteiger partial charge in [0.05, 0.1) is 26.0 Å². The van der Waals surface area contributed by atoms with E-state index in [2.05, 4.69) is 10.2 Å². The fourth-order valence-electron chi connectivity index (χ4n) is 2.12. The Kier molecular flexibility index (Phi) is 4.73. The van der Waals surface area contributed by atoms with Gasteiger partial charge in [0.25, 0.3) is 0 Å². The van der Waals surface area contributed by atoms with E-state index in [1.165, 1.54) is 0 Å². The van der Waals surface area contributed by atoms with E-state index >= 15 is 0 Å². The third-order valence-corrected chi connectivity index (χ3v) is 3.49. The molecule has 0 bridgehead atoms. The monoisotopic (exact) mass is 292 g/mol. The van der Waals surface area contributed by atoms with Gasteiger partial charge in [-0.05, 0) is 18.2 Å². The van der Waals surface area contributed by atoms with E-state index in [0.29, 0.717) is 11.4 Å². The molecule has 116 valence electrons. The van der Waals surface area contributed by atoms with Crippen LogP contribution in [0.15, 0.2) is 18.2 Å². The van der Waals surface area contributed by atoms with Gasteiger partial charge in [0, 0.05) is 24.2 Å². The lowest BCUT2D eigenvalue weighted by Gasteiger charge is -2.29. The first-order valence-electron chi connectivity index (χ1n) is 7.24. The lowest BCUT2D eigenvalue weighted by atomic mass is 9.95. The Hall–Kier alpha value is -1.75. The highest BCUT2D eigenvalue weighted by atomic mass is 16.5. The second-order valence-corrected chi connectivity index (χ2v) is 6.19.